The Bertz CT molecular complexity index is 524. The topological polar surface area (TPSA) is 34.6 Å². The van der Waals surface area contributed by atoms with E-state index in [0.29, 0.717) is 5.41 Å². The fourth-order valence-corrected chi connectivity index (χ4v) is 4.26. The van der Waals surface area contributed by atoms with E-state index in [1.54, 1.807) is 0 Å². The molecule has 3 fully saturated rings. The molecule has 1 spiro atoms. The molecular formula is C18H29N5. The first-order chi connectivity index (χ1) is 11.3. The van der Waals surface area contributed by atoms with Crippen molar-refractivity contribution in [2.24, 2.45) is 5.41 Å². The Labute approximate surface area is 139 Å². The number of piperazine rings is 1. The number of nitrogens with zero attached hydrogens (tertiary/aromatic N) is 4. The van der Waals surface area contributed by atoms with E-state index in [9.17, 15) is 0 Å². The van der Waals surface area contributed by atoms with Crippen LogP contribution < -0.4 is 15.1 Å². The summed E-state index contributed by atoms with van der Waals surface area (Å²) >= 11 is 0. The summed E-state index contributed by atoms with van der Waals surface area (Å²) in [5.74, 6) is 2.33. The third-order valence-electron chi connectivity index (χ3n) is 5.90. The van der Waals surface area contributed by atoms with Crippen molar-refractivity contribution in [2.75, 3.05) is 68.7 Å². The number of anilines is 2. The number of pyridine rings is 1. The minimum Gasteiger partial charge on any atom is -0.355 e. The van der Waals surface area contributed by atoms with Gasteiger partial charge in [0.05, 0.1) is 0 Å². The normalized spacial score (nSPS) is 24.7. The summed E-state index contributed by atoms with van der Waals surface area (Å²) < 4.78 is 0. The Morgan fingerprint density at radius 2 is 1.65 bits per heavy atom. The van der Waals surface area contributed by atoms with Crippen molar-refractivity contribution >= 4 is 11.6 Å². The van der Waals surface area contributed by atoms with Gasteiger partial charge in [0.25, 0.3) is 0 Å². The highest BCUT2D eigenvalue weighted by Crippen LogP contribution is 2.40. The first kappa shape index (κ1) is 15.2. The van der Waals surface area contributed by atoms with Gasteiger partial charge in [-0.05, 0) is 44.6 Å². The van der Waals surface area contributed by atoms with Gasteiger partial charge in [-0.15, -0.1) is 0 Å². The molecule has 0 bridgehead atoms. The lowest BCUT2D eigenvalue weighted by molar-refractivity contribution is 0.149. The van der Waals surface area contributed by atoms with Crippen LogP contribution >= 0.6 is 0 Å². The van der Waals surface area contributed by atoms with E-state index in [1.807, 2.05) is 0 Å². The van der Waals surface area contributed by atoms with E-state index in [-0.39, 0.29) is 0 Å². The van der Waals surface area contributed by atoms with Gasteiger partial charge in [-0.3, -0.25) is 0 Å². The Balaban J connectivity index is 1.39. The maximum Gasteiger partial charge on any atom is 0.131 e. The largest absolute Gasteiger partial charge is 0.355 e. The molecule has 3 saturated heterocycles. The second-order valence-electron chi connectivity index (χ2n) is 7.38. The smallest absolute Gasteiger partial charge is 0.131 e. The van der Waals surface area contributed by atoms with Crippen LogP contribution in [0.3, 0.4) is 0 Å². The molecule has 126 valence electrons. The summed E-state index contributed by atoms with van der Waals surface area (Å²) in [5.41, 5.74) is 0.565. The van der Waals surface area contributed by atoms with Crippen LogP contribution in [0.1, 0.15) is 19.8 Å². The van der Waals surface area contributed by atoms with E-state index < -0.39 is 0 Å². The summed E-state index contributed by atoms with van der Waals surface area (Å²) in [4.78, 5) is 12.4. The van der Waals surface area contributed by atoms with Crippen molar-refractivity contribution in [2.45, 2.75) is 19.8 Å². The summed E-state index contributed by atoms with van der Waals surface area (Å²) in [6, 6.07) is 6.53. The van der Waals surface area contributed by atoms with Gasteiger partial charge in [-0.25, -0.2) is 4.98 Å². The quantitative estimate of drug-likeness (QED) is 0.912. The van der Waals surface area contributed by atoms with Crippen molar-refractivity contribution in [3.8, 4) is 0 Å². The van der Waals surface area contributed by atoms with Crippen molar-refractivity contribution in [3.05, 3.63) is 18.2 Å². The first-order valence-electron chi connectivity index (χ1n) is 9.18. The van der Waals surface area contributed by atoms with Gasteiger partial charge in [0.2, 0.25) is 0 Å². The highest BCUT2D eigenvalue weighted by atomic mass is 15.3. The third-order valence-corrected chi connectivity index (χ3v) is 5.90. The maximum atomic E-state index is 4.96. The number of piperidine rings is 1. The molecule has 0 saturated carbocycles. The molecule has 0 amide bonds. The van der Waals surface area contributed by atoms with E-state index in [1.165, 1.54) is 44.8 Å². The molecule has 5 heteroatoms. The van der Waals surface area contributed by atoms with Crippen LogP contribution in [-0.4, -0.2) is 68.8 Å². The third kappa shape index (κ3) is 3.04. The molecule has 4 rings (SSSR count). The molecule has 1 aromatic heterocycles. The number of rotatable bonds is 3. The second-order valence-corrected chi connectivity index (χ2v) is 7.38. The number of aromatic nitrogens is 1. The van der Waals surface area contributed by atoms with E-state index in [2.05, 4.69) is 45.1 Å². The van der Waals surface area contributed by atoms with Crippen LogP contribution in [0.5, 0.6) is 0 Å². The highest BCUT2D eigenvalue weighted by Gasteiger charge is 2.43. The molecule has 23 heavy (non-hydrogen) atoms. The zero-order chi connectivity index (χ0) is 15.7. The second kappa shape index (κ2) is 6.29. The first-order valence-corrected chi connectivity index (χ1v) is 9.18. The van der Waals surface area contributed by atoms with E-state index in [0.717, 1.165) is 38.5 Å². The average molecular weight is 315 g/mol. The molecule has 4 heterocycles. The standard InChI is InChI=1S/C18H29N5/c1-2-21-10-12-22(13-11-21)16-4-3-5-17(20-16)23-14-18(15-23)6-8-19-9-7-18/h3-5,19H,2,6-15H2,1H3. The Hall–Kier alpha value is -1.33. The number of likely N-dealkylation sites (N-methyl/N-ethyl adjacent to an activating group) is 1. The van der Waals surface area contributed by atoms with Crippen LogP contribution in [0.4, 0.5) is 11.6 Å². The predicted molar refractivity (Wildman–Crippen MR) is 95.3 cm³/mol. The Morgan fingerprint density at radius 1 is 1.00 bits per heavy atom. The van der Waals surface area contributed by atoms with Crippen molar-refractivity contribution in [1.29, 1.82) is 0 Å². The van der Waals surface area contributed by atoms with E-state index >= 15 is 0 Å². The summed E-state index contributed by atoms with van der Waals surface area (Å²) in [5, 5.41) is 3.48. The van der Waals surface area contributed by atoms with E-state index in [4.69, 9.17) is 4.98 Å². The lowest BCUT2D eigenvalue weighted by atomic mass is 9.72. The van der Waals surface area contributed by atoms with Gasteiger partial charge in [0.1, 0.15) is 11.6 Å². The molecule has 3 aliphatic rings. The van der Waals surface area contributed by atoms with Gasteiger partial charge in [-0.1, -0.05) is 13.0 Å². The maximum absolute atomic E-state index is 4.96. The molecule has 5 nitrogen and oxygen atoms in total. The zero-order valence-corrected chi connectivity index (χ0v) is 14.3. The fraction of sp³-hybridized carbons (Fsp3) is 0.722. The Morgan fingerprint density at radius 3 is 2.30 bits per heavy atom. The molecule has 0 aromatic carbocycles. The fourth-order valence-electron chi connectivity index (χ4n) is 4.26. The zero-order valence-electron chi connectivity index (χ0n) is 14.3. The molecule has 1 N–H and O–H groups in total. The molecular weight excluding hydrogens is 286 g/mol. The molecule has 0 aliphatic carbocycles. The predicted octanol–water partition coefficient (Wildman–Crippen LogP) is 1.41. The van der Waals surface area contributed by atoms with Crippen molar-refractivity contribution in [1.82, 2.24) is 15.2 Å². The van der Waals surface area contributed by atoms with Crippen LogP contribution in [-0.2, 0) is 0 Å². The average Bonchev–Trinajstić information content (AvgIpc) is 2.60. The lowest BCUT2D eigenvalue weighted by Crippen LogP contribution is -2.60. The van der Waals surface area contributed by atoms with Gasteiger partial charge in [0, 0.05) is 44.7 Å². The summed E-state index contributed by atoms with van der Waals surface area (Å²) in [6.45, 7) is 12.7. The minimum atomic E-state index is 0.565. The molecule has 1 aromatic rings. The molecule has 0 atom stereocenters. The van der Waals surface area contributed by atoms with Gasteiger partial charge >= 0.3 is 0 Å². The van der Waals surface area contributed by atoms with Gasteiger partial charge in [0.15, 0.2) is 0 Å². The van der Waals surface area contributed by atoms with Crippen LogP contribution in [0, 0.1) is 5.41 Å². The highest BCUT2D eigenvalue weighted by molar-refractivity contribution is 5.51. The number of nitrogens with one attached hydrogen (secondary N) is 1. The SMILES string of the molecule is CCN1CCN(c2cccc(N3CC4(CCNCC4)C3)n2)CC1. The molecule has 0 radical (unpaired) electrons. The number of hydrogen-bond donors (Lipinski definition) is 1. The summed E-state index contributed by atoms with van der Waals surface area (Å²) in [6.07, 6.45) is 2.64. The van der Waals surface area contributed by atoms with Crippen molar-refractivity contribution in [3.63, 3.8) is 0 Å². The Kier molecular flexibility index (Phi) is 4.16. The van der Waals surface area contributed by atoms with Crippen LogP contribution in [0.25, 0.3) is 0 Å². The number of hydrogen-bond acceptors (Lipinski definition) is 5. The van der Waals surface area contributed by atoms with Gasteiger partial charge in [-0.2, -0.15) is 0 Å². The van der Waals surface area contributed by atoms with Crippen LogP contribution in [0.2, 0.25) is 0 Å². The van der Waals surface area contributed by atoms with Crippen molar-refractivity contribution < 1.29 is 0 Å². The lowest BCUT2D eigenvalue weighted by Gasteiger charge is -2.53. The monoisotopic (exact) mass is 315 g/mol. The van der Waals surface area contributed by atoms with Crippen LogP contribution in [0.15, 0.2) is 18.2 Å². The molecule has 3 aliphatic heterocycles. The molecule has 0 unspecified atom stereocenters. The minimum absolute atomic E-state index is 0.565. The van der Waals surface area contributed by atoms with Gasteiger partial charge < -0.3 is 20.0 Å². The summed E-state index contributed by atoms with van der Waals surface area (Å²) in [7, 11) is 0.